The number of aryl methyl sites for hydroxylation is 1. The lowest BCUT2D eigenvalue weighted by Crippen LogP contribution is -2.31. The van der Waals surface area contributed by atoms with Crippen LogP contribution >= 0.6 is 0 Å². The van der Waals surface area contributed by atoms with Crippen molar-refractivity contribution in [2.75, 3.05) is 13.1 Å². The fourth-order valence-corrected chi connectivity index (χ4v) is 2.34. The number of hydrazine groups is 1. The van der Waals surface area contributed by atoms with Gasteiger partial charge in [0.05, 0.1) is 0 Å². The molecule has 0 bridgehead atoms. The molecule has 0 unspecified atom stereocenters. The predicted molar refractivity (Wildman–Crippen MR) is 80.1 cm³/mol. The van der Waals surface area contributed by atoms with E-state index in [0.29, 0.717) is 11.8 Å². The van der Waals surface area contributed by atoms with E-state index in [1.165, 1.54) is 0 Å². The lowest BCUT2D eigenvalue weighted by atomic mass is 10.1. The van der Waals surface area contributed by atoms with Gasteiger partial charge in [-0.3, -0.25) is 15.1 Å². The lowest BCUT2D eigenvalue weighted by molar-refractivity contribution is 0.0924. The molecule has 1 amide bonds. The molecular formula is C15H27N3O2. The van der Waals surface area contributed by atoms with Gasteiger partial charge in [-0.05, 0) is 24.8 Å². The highest BCUT2D eigenvalue weighted by atomic mass is 16.4. The Kier molecular flexibility index (Phi) is 6.23. The third-order valence-electron chi connectivity index (χ3n) is 3.02. The van der Waals surface area contributed by atoms with Crippen molar-refractivity contribution in [3.8, 4) is 0 Å². The van der Waals surface area contributed by atoms with Crippen LogP contribution in [0.4, 0.5) is 0 Å². The van der Waals surface area contributed by atoms with Crippen LogP contribution in [0.1, 0.15) is 49.6 Å². The minimum atomic E-state index is -0.390. The Balaban J connectivity index is 2.81. The second kappa shape index (κ2) is 7.45. The number of amides is 1. The van der Waals surface area contributed by atoms with Crippen molar-refractivity contribution >= 4 is 5.91 Å². The molecule has 3 N–H and O–H groups in total. The number of nitrogens with one attached hydrogen (secondary N) is 1. The summed E-state index contributed by atoms with van der Waals surface area (Å²) in [6.07, 6.45) is 0. The van der Waals surface area contributed by atoms with E-state index in [1.807, 2.05) is 6.92 Å². The molecular weight excluding hydrogens is 254 g/mol. The van der Waals surface area contributed by atoms with Crippen LogP contribution < -0.4 is 11.3 Å². The molecule has 0 spiro atoms. The zero-order valence-electron chi connectivity index (χ0n) is 13.2. The summed E-state index contributed by atoms with van der Waals surface area (Å²) in [6, 6.07) is 1.78. The molecule has 0 radical (unpaired) electrons. The molecule has 0 saturated carbocycles. The van der Waals surface area contributed by atoms with Gasteiger partial charge in [0.15, 0.2) is 5.76 Å². The van der Waals surface area contributed by atoms with Crippen LogP contribution in [-0.2, 0) is 6.54 Å². The Morgan fingerprint density at radius 1 is 1.30 bits per heavy atom. The van der Waals surface area contributed by atoms with E-state index in [9.17, 15) is 4.79 Å². The SMILES string of the molecule is Cc1oc(C(=O)NN)cc1CN(CC(C)C)CC(C)C. The van der Waals surface area contributed by atoms with Crippen molar-refractivity contribution in [2.45, 2.75) is 41.2 Å². The van der Waals surface area contributed by atoms with Crippen LogP contribution in [-0.4, -0.2) is 23.9 Å². The quantitative estimate of drug-likeness (QED) is 0.457. The Labute approximate surface area is 121 Å². The summed E-state index contributed by atoms with van der Waals surface area (Å²) < 4.78 is 5.46. The molecule has 0 aliphatic rings. The molecule has 0 aromatic carbocycles. The minimum absolute atomic E-state index is 0.272. The standard InChI is InChI=1S/C15H27N3O2/c1-10(2)7-18(8-11(3)4)9-13-6-14(15(19)17-16)20-12(13)5/h6,10-11H,7-9,16H2,1-5H3,(H,17,19). The molecule has 0 aliphatic heterocycles. The van der Waals surface area contributed by atoms with Crippen LogP contribution in [0.25, 0.3) is 0 Å². The van der Waals surface area contributed by atoms with E-state index in [1.54, 1.807) is 6.07 Å². The van der Waals surface area contributed by atoms with E-state index in [4.69, 9.17) is 10.3 Å². The molecule has 0 aliphatic carbocycles. The van der Waals surface area contributed by atoms with Gasteiger partial charge in [0.25, 0.3) is 0 Å². The number of nitrogens with two attached hydrogens (primary N) is 1. The third kappa shape index (κ3) is 4.98. The maximum atomic E-state index is 11.5. The Morgan fingerprint density at radius 2 is 1.85 bits per heavy atom. The third-order valence-corrected chi connectivity index (χ3v) is 3.02. The first kappa shape index (κ1) is 16.7. The molecule has 5 heteroatoms. The van der Waals surface area contributed by atoms with Gasteiger partial charge < -0.3 is 4.42 Å². The van der Waals surface area contributed by atoms with Crippen molar-refractivity contribution in [1.82, 2.24) is 10.3 Å². The Hall–Kier alpha value is -1.33. The van der Waals surface area contributed by atoms with Gasteiger partial charge >= 0.3 is 5.91 Å². The lowest BCUT2D eigenvalue weighted by Gasteiger charge is -2.25. The van der Waals surface area contributed by atoms with E-state index in [2.05, 4.69) is 38.0 Å². The van der Waals surface area contributed by atoms with Gasteiger partial charge in [-0.1, -0.05) is 27.7 Å². The molecule has 1 aromatic heterocycles. The summed E-state index contributed by atoms with van der Waals surface area (Å²) in [6.45, 7) is 13.6. The summed E-state index contributed by atoms with van der Waals surface area (Å²) in [5, 5.41) is 0. The smallest absolute Gasteiger partial charge is 0.300 e. The summed E-state index contributed by atoms with van der Waals surface area (Å²) in [5.74, 6) is 7.00. The summed E-state index contributed by atoms with van der Waals surface area (Å²) in [7, 11) is 0. The summed E-state index contributed by atoms with van der Waals surface area (Å²) >= 11 is 0. The van der Waals surface area contributed by atoms with E-state index in [-0.39, 0.29) is 5.76 Å². The van der Waals surface area contributed by atoms with Gasteiger partial charge in [-0.15, -0.1) is 0 Å². The molecule has 5 nitrogen and oxygen atoms in total. The van der Waals surface area contributed by atoms with Crippen LogP contribution in [0.5, 0.6) is 0 Å². The molecule has 0 fully saturated rings. The monoisotopic (exact) mass is 281 g/mol. The van der Waals surface area contributed by atoms with Crippen molar-refractivity contribution in [2.24, 2.45) is 17.7 Å². The largest absolute Gasteiger partial charge is 0.456 e. The Bertz CT molecular complexity index is 428. The Morgan fingerprint density at radius 3 is 2.30 bits per heavy atom. The zero-order valence-corrected chi connectivity index (χ0v) is 13.2. The van der Waals surface area contributed by atoms with Crippen molar-refractivity contribution in [1.29, 1.82) is 0 Å². The minimum Gasteiger partial charge on any atom is -0.456 e. The van der Waals surface area contributed by atoms with Crippen LogP contribution in [0.2, 0.25) is 0 Å². The molecule has 1 rings (SSSR count). The predicted octanol–water partition coefficient (Wildman–Crippen LogP) is 2.31. The highest BCUT2D eigenvalue weighted by Crippen LogP contribution is 2.18. The molecule has 1 heterocycles. The van der Waals surface area contributed by atoms with Crippen LogP contribution in [0.15, 0.2) is 10.5 Å². The number of hydrogen-bond acceptors (Lipinski definition) is 4. The second-order valence-corrected chi connectivity index (χ2v) is 6.15. The highest BCUT2D eigenvalue weighted by molar-refractivity contribution is 5.91. The topological polar surface area (TPSA) is 71.5 Å². The van der Waals surface area contributed by atoms with E-state index < -0.39 is 5.91 Å². The maximum absolute atomic E-state index is 11.5. The average Bonchev–Trinajstić information content (AvgIpc) is 2.68. The summed E-state index contributed by atoms with van der Waals surface area (Å²) in [5.41, 5.74) is 3.14. The van der Waals surface area contributed by atoms with Gasteiger partial charge in [0.2, 0.25) is 0 Å². The molecule has 0 atom stereocenters. The first-order valence-corrected chi connectivity index (χ1v) is 7.16. The van der Waals surface area contributed by atoms with Crippen molar-refractivity contribution in [3.63, 3.8) is 0 Å². The molecule has 1 aromatic rings. The zero-order chi connectivity index (χ0) is 15.3. The molecule has 20 heavy (non-hydrogen) atoms. The first-order valence-electron chi connectivity index (χ1n) is 7.16. The normalized spacial score (nSPS) is 11.7. The van der Waals surface area contributed by atoms with Crippen molar-refractivity contribution < 1.29 is 9.21 Å². The highest BCUT2D eigenvalue weighted by Gasteiger charge is 2.17. The van der Waals surface area contributed by atoms with Crippen LogP contribution in [0, 0.1) is 18.8 Å². The number of carbonyl (C=O) groups excluding carboxylic acids is 1. The van der Waals surface area contributed by atoms with Crippen LogP contribution in [0.3, 0.4) is 0 Å². The number of carbonyl (C=O) groups is 1. The van der Waals surface area contributed by atoms with Gasteiger partial charge in [0, 0.05) is 25.2 Å². The number of nitrogen functional groups attached to an aromatic ring is 1. The number of furan rings is 1. The second-order valence-electron chi connectivity index (χ2n) is 6.15. The average molecular weight is 281 g/mol. The molecule has 0 saturated heterocycles. The van der Waals surface area contributed by atoms with E-state index in [0.717, 1.165) is 31.0 Å². The first-order chi connectivity index (χ1) is 9.33. The number of nitrogens with zero attached hydrogens (tertiary/aromatic N) is 1. The van der Waals surface area contributed by atoms with Gasteiger partial charge in [-0.2, -0.15) is 0 Å². The maximum Gasteiger partial charge on any atom is 0.300 e. The number of rotatable bonds is 7. The fourth-order valence-electron chi connectivity index (χ4n) is 2.34. The van der Waals surface area contributed by atoms with E-state index >= 15 is 0 Å². The summed E-state index contributed by atoms with van der Waals surface area (Å²) in [4.78, 5) is 13.9. The number of hydrogen-bond donors (Lipinski definition) is 2. The van der Waals surface area contributed by atoms with Gasteiger partial charge in [0.1, 0.15) is 5.76 Å². The van der Waals surface area contributed by atoms with Gasteiger partial charge in [-0.25, -0.2) is 5.84 Å². The van der Waals surface area contributed by atoms with Crippen molar-refractivity contribution in [3.05, 3.63) is 23.2 Å². The molecule has 114 valence electrons. The fraction of sp³-hybridized carbons (Fsp3) is 0.667.